The lowest BCUT2D eigenvalue weighted by atomic mass is 9.91. The molecule has 1 heterocycles. The summed E-state index contributed by atoms with van der Waals surface area (Å²) in [5.41, 5.74) is 1.21. The molecule has 0 saturated carbocycles. The van der Waals surface area contributed by atoms with Crippen molar-refractivity contribution in [3.63, 3.8) is 0 Å². The smallest absolute Gasteiger partial charge is 0.244 e. The highest BCUT2D eigenvalue weighted by atomic mass is 79.9. The van der Waals surface area contributed by atoms with Crippen molar-refractivity contribution in [1.82, 2.24) is 14.9 Å². The van der Waals surface area contributed by atoms with Crippen LogP contribution in [0.15, 0.2) is 4.90 Å². The summed E-state index contributed by atoms with van der Waals surface area (Å²) in [6.07, 6.45) is 0.888. The van der Waals surface area contributed by atoms with E-state index in [1.54, 1.807) is 13.8 Å². The van der Waals surface area contributed by atoms with Crippen molar-refractivity contribution in [2.75, 3.05) is 6.54 Å². The number of rotatable bonds is 5. The van der Waals surface area contributed by atoms with Crippen LogP contribution in [-0.2, 0) is 10.0 Å². The molecule has 0 amide bonds. The average molecular weight is 352 g/mol. The first-order valence-electron chi connectivity index (χ1n) is 6.18. The number of hydrogen-bond donors (Lipinski definition) is 2. The SMILES string of the molecule is Cc1n[nH]c(C)c1S(=O)(=O)NCC(Br)CC(C)(C)C. The van der Waals surface area contributed by atoms with E-state index in [-0.39, 0.29) is 15.1 Å². The maximum absolute atomic E-state index is 12.2. The Bertz CT molecular complexity index is 512. The molecule has 0 bridgehead atoms. The van der Waals surface area contributed by atoms with Crippen molar-refractivity contribution in [3.05, 3.63) is 11.4 Å². The number of nitrogens with one attached hydrogen (secondary N) is 2. The van der Waals surface area contributed by atoms with Crippen molar-refractivity contribution in [3.8, 4) is 0 Å². The standard InChI is InChI=1S/C12H22BrN3O2S/c1-8-11(9(2)16-15-8)19(17,18)14-7-10(13)6-12(3,4)5/h10,14H,6-7H2,1-5H3,(H,15,16). The number of H-pyrrole nitrogens is 1. The normalized spacial score (nSPS) is 14.6. The molecule has 1 rings (SSSR count). The molecule has 0 aliphatic rings. The van der Waals surface area contributed by atoms with Gasteiger partial charge in [-0.05, 0) is 25.7 Å². The Morgan fingerprint density at radius 1 is 1.37 bits per heavy atom. The highest BCUT2D eigenvalue weighted by molar-refractivity contribution is 9.09. The fourth-order valence-corrected chi connectivity index (χ4v) is 4.74. The number of aromatic nitrogens is 2. The molecule has 0 fully saturated rings. The molecule has 1 atom stereocenters. The van der Waals surface area contributed by atoms with E-state index in [0.29, 0.717) is 17.9 Å². The summed E-state index contributed by atoms with van der Waals surface area (Å²) in [6.45, 7) is 10.1. The molecule has 0 aliphatic heterocycles. The lowest BCUT2D eigenvalue weighted by Gasteiger charge is -2.22. The second-order valence-electron chi connectivity index (χ2n) is 5.98. The van der Waals surface area contributed by atoms with Crippen LogP contribution >= 0.6 is 15.9 Å². The number of aromatic amines is 1. The Morgan fingerprint density at radius 3 is 2.37 bits per heavy atom. The molecule has 0 aromatic carbocycles. The van der Waals surface area contributed by atoms with Crippen molar-refractivity contribution < 1.29 is 8.42 Å². The molecule has 7 heteroatoms. The molecule has 0 spiro atoms. The van der Waals surface area contributed by atoms with Gasteiger partial charge in [0.2, 0.25) is 10.0 Å². The van der Waals surface area contributed by atoms with E-state index < -0.39 is 10.0 Å². The van der Waals surface area contributed by atoms with Crippen LogP contribution in [0.3, 0.4) is 0 Å². The summed E-state index contributed by atoms with van der Waals surface area (Å²) >= 11 is 3.52. The minimum absolute atomic E-state index is 0.106. The minimum atomic E-state index is -3.50. The van der Waals surface area contributed by atoms with Gasteiger partial charge in [0.15, 0.2) is 0 Å². The van der Waals surface area contributed by atoms with E-state index >= 15 is 0 Å². The maximum atomic E-state index is 12.2. The number of nitrogens with zero attached hydrogens (tertiary/aromatic N) is 1. The zero-order chi connectivity index (χ0) is 14.8. The van der Waals surface area contributed by atoms with Crippen molar-refractivity contribution in [2.45, 2.75) is 50.8 Å². The lowest BCUT2D eigenvalue weighted by molar-refractivity contribution is 0.373. The van der Waals surface area contributed by atoms with Crippen LogP contribution in [0.25, 0.3) is 0 Å². The predicted molar refractivity (Wildman–Crippen MR) is 80.0 cm³/mol. The molecule has 2 N–H and O–H groups in total. The summed E-state index contributed by atoms with van der Waals surface area (Å²) in [6, 6.07) is 0. The highest BCUT2D eigenvalue weighted by Crippen LogP contribution is 2.24. The Labute approximate surface area is 123 Å². The fraction of sp³-hybridized carbons (Fsp3) is 0.750. The van der Waals surface area contributed by atoms with Gasteiger partial charge >= 0.3 is 0 Å². The quantitative estimate of drug-likeness (QED) is 0.800. The first kappa shape index (κ1) is 16.7. The largest absolute Gasteiger partial charge is 0.281 e. The zero-order valence-corrected chi connectivity index (χ0v) is 14.4. The van der Waals surface area contributed by atoms with Gasteiger partial charge in [0.1, 0.15) is 4.90 Å². The second-order valence-corrected chi connectivity index (χ2v) is 8.98. The third kappa shape index (κ3) is 4.89. The molecule has 0 radical (unpaired) electrons. The van der Waals surface area contributed by atoms with E-state index in [4.69, 9.17) is 0 Å². The van der Waals surface area contributed by atoms with E-state index in [9.17, 15) is 8.42 Å². The van der Waals surface area contributed by atoms with Gasteiger partial charge in [0, 0.05) is 11.4 Å². The number of alkyl halides is 1. The van der Waals surface area contributed by atoms with Gasteiger partial charge in [-0.15, -0.1) is 0 Å². The Kier molecular flexibility index (Phi) is 5.20. The Hall–Kier alpha value is -0.400. The highest BCUT2D eigenvalue weighted by Gasteiger charge is 2.24. The van der Waals surface area contributed by atoms with Gasteiger partial charge < -0.3 is 0 Å². The van der Waals surface area contributed by atoms with Gasteiger partial charge in [0.05, 0.1) is 11.4 Å². The van der Waals surface area contributed by atoms with Crippen LogP contribution < -0.4 is 4.72 Å². The Morgan fingerprint density at radius 2 is 1.95 bits per heavy atom. The maximum Gasteiger partial charge on any atom is 0.244 e. The van der Waals surface area contributed by atoms with Crippen LogP contribution in [0.4, 0.5) is 0 Å². The molecular formula is C12H22BrN3O2S. The summed E-state index contributed by atoms with van der Waals surface area (Å²) in [5, 5.41) is 6.60. The van der Waals surface area contributed by atoms with E-state index in [1.165, 1.54) is 0 Å². The molecule has 1 unspecified atom stereocenters. The van der Waals surface area contributed by atoms with Crippen molar-refractivity contribution >= 4 is 26.0 Å². The Balaban J connectivity index is 2.72. The van der Waals surface area contributed by atoms with Gasteiger partial charge in [-0.1, -0.05) is 36.7 Å². The van der Waals surface area contributed by atoms with Gasteiger partial charge in [0.25, 0.3) is 0 Å². The topological polar surface area (TPSA) is 74.8 Å². The minimum Gasteiger partial charge on any atom is -0.281 e. The predicted octanol–water partition coefficient (Wildman–Crippen LogP) is 2.50. The number of halogens is 1. The number of aryl methyl sites for hydroxylation is 2. The van der Waals surface area contributed by atoms with Crippen LogP contribution in [-0.4, -0.2) is 30.0 Å². The summed E-state index contributed by atoms with van der Waals surface area (Å²) in [4.78, 5) is 0.359. The summed E-state index contributed by atoms with van der Waals surface area (Å²) in [7, 11) is -3.50. The molecule has 1 aromatic rings. The van der Waals surface area contributed by atoms with Gasteiger partial charge in [-0.2, -0.15) is 5.10 Å². The van der Waals surface area contributed by atoms with E-state index in [1.807, 2.05) is 0 Å². The molecule has 1 aromatic heterocycles. The fourth-order valence-electron chi connectivity index (χ4n) is 1.95. The molecule has 0 aliphatic carbocycles. The summed E-state index contributed by atoms with van der Waals surface area (Å²) < 4.78 is 27.1. The molecule has 5 nitrogen and oxygen atoms in total. The summed E-state index contributed by atoms with van der Waals surface area (Å²) in [5.74, 6) is 0. The molecular weight excluding hydrogens is 330 g/mol. The molecule has 110 valence electrons. The first-order valence-corrected chi connectivity index (χ1v) is 8.58. The second kappa shape index (κ2) is 5.93. The third-order valence-electron chi connectivity index (χ3n) is 2.66. The van der Waals surface area contributed by atoms with Crippen molar-refractivity contribution in [2.24, 2.45) is 5.41 Å². The van der Waals surface area contributed by atoms with E-state index in [0.717, 1.165) is 6.42 Å². The van der Waals surface area contributed by atoms with Crippen LogP contribution in [0.5, 0.6) is 0 Å². The number of hydrogen-bond acceptors (Lipinski definition) is 3. The van der Waals surface area contributed by atoms with Crippen LogP contribution in [0.2, 0.25) is 0 Å². The number of sulfonamides is 1. The van der Waals surface area contributed by atoms with Gasteiger partial charge in [-0.25, -0.2) is 13.1 Å². The van der Waals surface area contributed by atoms with Crippen molar-refractivity contribution in [1.29, 1.82) is 0 Å². The third-order valence-corrected chi connectivity index (χ3v) is 4.99. The average Bonchev–Trinajstić information content (AvgIpc) is 2.54. The lowest BCUT2D eigenvalue weighted by Crippen LogP contribution is -2.32. The monoisotopic (exact) mass is 351 g/mol. The molecule has 19 heavy (non-hydrogen) atoms. The van der Waals surface area contributed by atoms with Crippen LogP contribution in [0, 0.1) is 19.3 Å². The first-order chi connectivity index (χ1) is 8.53. The van der Waals surface area contributed by atoms with Gasteiger partial charge in [-0.3, -0.25) is 5.10 Å². The van der Waals surface area contributed by atoms with E-state index in [2.05, 4.69) is 51.6 Å². The van der Waals surface area contributed by atoms with Crippen LogP contribution in [0.1, 0.15) is 38.6 Å². The zero-order valence-electron chi connectivity index (χ0n) is 12.0. The molecule has 0 saturated heterocycles.